The van der Waals surface area contributed by atoms with E-state index in [0.717, 1.165) is 31.4 Å². The van der Waals surface area contributed by atoms with E-state index >= 15 is 0 Å². The molecule has 1 aromatic carbocycles. The number of anilines is 4. The monoisotopic (exact) mass is 423 g/mol. The van der Waals surface area contributed by atoms with Crippen LogP contribution in [0.3, 0.4) is 0 Å². The first-order valence-electron chi connectivity index (χ1n) is 9.88. The maximum absolute atomic E-state index is 12.9. The van der Waals surface area contributed by atoms with Crippen molar-refractivity contribution >= 4 is 41.8 Å². The Labute approximate surface area is 181 Å². The molecule has 1 amide bonds. The Morgan fingerprint density at radius 1 is 0.800 bits per heavy atom. The van der Waals surface area contributed by atoms with Crippen molar-refractivity contribution in [2.75, 3.05) is 22.9 Å². The van der Waals surface area contributed by atoms with E-state index in [4.69, 9.17) is 0 Å². The van der Waals surface area contributed by atoms with E-state index in [1.54, 1.807) is 43.0 Å². The van der Waals surface area contributed by atoms with E-state index < -0.39 is 0 Å². The maximum Gasteiger partial charge on any atom is 0.253 e. The van der Waals surface area contributed by atoms with Crippen molar-refractivity contribution in [2.24, 2.45) is 0 Å². The lowest BCUT2D eigenvalue weighted by molar-refractivity contribution is 0.0954. The van der Waals surface area contributed by atoms with Crippen molar-refractivity contribution in [3.8, 4) is 0 Å². The van der Waals surface area contributed by atoms with Crippen LogP contribution in [-0.2, 0) is 0 Å². The molecule has 156 valence electrons. The molecule has 0 radical (unpaired) electrons. The number of carbonyl (C=O) groups is 1. The van der Waals surface area contributed by atoms with Crippen LogP contribution in [0.5, 0.6) is 0 Å². The summed E-state index contributed by atoms with van der Waals surface area (Å²) in [4.78, 5) is 29.7. The summed E-state index contributed by atoms with van der Waals surface area (Å²) in [6, 6.07) is 8.88. The highest BCUT2D eigenvalue weighted by atomic mass is 32.1. The lowest BCUT2D eigenvalue weighted by atomic mass is 10.1. The molecular formula is C21H25N7OS. The summed E-state index contributed by atoms with van der Waals surface area (Å²) < 4.78 is 0. The SMILES string of the molecule is O=C(NCCCCCCS)c1cccc(Nc2ncccn2)c1Nc1ncccn1. The van der Waals surface area contributed by atoms with Crippen LogP contribution in [0.25, 0.3) is 0 Å². The van der Waals surface area contributed by atoms with Crippen LogP contribution in [0.2, 0.25) is 0 Å². The summed E-state index contributed by atoms with van der Waals surface area (Å²) in [5.74, 6) is 1.55. The third-order valence-corrected chi connectivity index (χ3v) is 4.61. The van der Waals surface area contributed by atoms with Crippen LogP contribution in [0, 0.1) is 0 Å². The van der Waals surface area contributed by atoms with Crippen LogP contribution in [-0.4, -0.2) is 38.1 Å². The minimum Gasteiger partial charge on any atom is -0.352 e. The van der Waals surface area contributed by atoms with Crippen molar-refractivity contribution in [2.45, 2.75) is 25.7 Å². The molecule has 0 saturated carbocycles. The third-order valence-electron chi connectivity index (χ3n) is 4.29. The van der Waals surface area contributed by atoms with Gasteiger partial charge in [0.2, 0.25) is 11.9 Å². The molecule has 0 aliphatic heterocycles. The van der Waals surface area contributed by atoms with Gasteiger partial charge in [-0.05, 0) is 42.9 Å². The van der Waals surface area contributed by atoms with Gasteiger partial charge in [0, 0.05) is 31.3 Å². The summed E-state index contributed by atoms with van der Waals surface area (Å²) >= 11 is 4.22. The molecule has 0 fully saturated rings. The number of hydrogen-bond donors (Lipinski definition) is 4. The molecule has 0 aliphatic rings. The first-order chi connectivity index (χ1) is 14.8. The van der Waals surface area contributed by atoms with Crippen molar-refractivity contribution < 1.29 is 4.79 Å². The zero-order chi connectivity index (χ0) is 21.0. The highest BCUT2D eigenvalue weighted by Crippen LogP contribution is 2.30. The molecule has 0 saturated heterocycles. The van der Waals surface area contributed by atoms with Gasteiger partial charge >= 0.3 is 0 Å². The molecular weight excluding hydrogens is 398 g/mol. The van der Waals surface area contributed by atoms with E-state index in [0.29, 0.717) is 35.4 Å². The van der Waals surface area contributed by atoms with E-state index in [1.807, 2.05) is 12.1 Å². The third kappa shape index (κ3) is 6.41. The van der Waals surface area contributed by atoms with E-state index in [1.165, 1.54) is 0 Å². The number of benzene rings is 1. The molecule has 8 nitrogen and oxygen atoms in total. The number of rotatable bonds is 11. The van der Waals surface area contributed by atoms with Crippen molar-refractivity contribution in [3.63, 3.8) is 0 Å². The normalized spacial score (nSPS) is 10.4. The summed E-state index contributed by atoms with van der Waals surface area (Å²) in [6.45, 7) is 0.617. The van der Waals surface area contributed by atoms with Crippen LogP contribution in [0.4, 0.5) is 23.3 Å². The lowest BCUT2D eigenvalue weighted by Crippen LogP contribution is -2.25. The minimum absolute atomic E-state index is 0.166. The Bertz CT molecular complexity index is 925. The second-order valence-corrected chi connectivity index (χ2v) is 6.96. The molecule has 2 aromatic heterocycles. The second kappa shape index (κ2) is 11.7. The number of unbranched alkanes of at least 4 members (excludes halogenated alkanes) is 3. The quantitative estimate of drug-likeness (QED) is 0.273. The van der Waals surface area contributed by atoms with Gasteiger partial charge in [-0.2, -0.15) is 12.6 Å². The highest BCUT2D eigenvalue weighted by Gasteiger charge is 2.16. The molecule has 0 unspecified atom stereocenters. The van der Waals surface area contributed by atoms with Gasteiger partial charge in [-0.15, -0.1) is 0 Å². The first kappa shape index (κ1) is 21.5. The predicted octanol–water partition coefficient (Wildman–Crippen LogP) is 3.97. The van der Waals surface area contributed by atoms with Crippen LogP contribution < -0.4 is 16.0 Å². The fraction of sp³-hybridized carbons (Fsp3) is 0.286. The molecule has 2 heterocycles. The Hall–Kier alpha value is -3.20. The van der Waals surface area contributed by atoms with Gasteiger partial charge in [-0.25, -0.2) is 19.9 Å². The number of para-hydroxylation sites is 1. The molecule has 3 rings (SSSR count). The van der Waals surface area contributed by atoms with Crippen LogP contribution in [0.1, 0.15) is 36.0 Å². The largest absolute Gasteiger partial charge is 0.352 e. The van der Waals surface area contributed by atoms with E-state index in [2.05, 4.69) is 48.5 Å². The zero-order valence-corrected chi connectivity index (χ0v) is 17.5. The Morgan fingerprint density at radius 2 is 1.43 bits per heavy atom. The van der Waals surface area contributed by atoms with Crippen molar-refractivity contribution in [1.29, 1.82) is 0 Å². The molecule has 0 atom stereocenters. The van der Waals surface area contributed by atoms with E-state index in [9.17, 15) is 4.79 Å². The van der Waals surface area contributed by atoms with Gasteiger partial charge in [0.25, 0.3) is 5.91 Å². The minimum atomic E-state index is -0.166. The number of amides is 1. The average molecular weight is 424 g/mol. The fourth-order valence-electron chi connectivity index (χ4n) is 2.83. The molecule has 30 heavy (non-hydrogen) atoms. The van der Waals surface area contributed by atoms with Crippen molar-refractivity contribution in [3.05, 3.63) is 60.7 Å². The van der Waals surface area contributed by atoms with Gasteiger partial charge in [0.15, 0.2) is 0 Å². The Balaban J connectivity index is 1.78. The molecule has 9 heteroatoms. The number of nitrogens with zero attached hydrogens (tertiary/aromatic N) is 4. The number of thiol groups is 1. The topological polar surface area (TPSA) is 105 Å². The summed E-state index contributed by atoms with van der Waals surface area (Å²) in [5.41, 5.74) is 1.69. The van der Waals surface area contributed by atoms with Crippen LogP contribution >= 0.6 is 12.6 Å². The summed E-state index contributed by atoms with van der Waals surface area (Å²) in [5, 5.41) is 9.30. The number of hydrogen-bond acceptors (Lipinski definition) is 8. The number of carbonyl (C=O) groups excluding carboxylic acids is 1. The molecule has 3 aromatic rings. The summed E-state index contributed by atoms with van der Waals surface area (Å²) in [7, 11) is 0. The van der Waals surface area contributed by atoms with Crippen LogP contribution in [0.15, 0.2) is 55.1 Å². The molecule has 0 aliphatic carbocycles. The second-order valence-electron chi connectivity index (χ2n) is 6.52. The van der Waals surface area contributed by atoms with Crippen molar-refractivity contribution in [1.82, 2.24) is 25.3 Å². The predicted molar refractivity (Wildman–Crippen MR) is 122 cm³/mol. The smallest absolute Gasteiger partial charge is 0.253 e. The standard InChI is InChI=1S/C21H25N7OS/c29-19(22-10-3-1-2-4-15-30)16-8-5-9-17(27-20-23-11-6-12-24-20)18(16)28-21-25-13-7-14-26-21/h5-9,11-14,30H,1-4,10,15H2,(H,22,29)(H,23,24,27)(H,25,26,28). The number of aromatic nitrogens is 4. The molecule has 0 spiro atoms. The highest BCUT2D eigenvalue weighted by molar-refractivity contribution is 7.80. The zero-order valence-electron chi connectivity index (χ0n) is 16.6. The first-order valence-corrected chi connectivity index (χ1v) is 10.5. The Kier molecular flexibility index (Phi) is 8.40. The Morgan fingerprint density at radius 3 is 2.10 bits per heavy atom. The maximum atomic E-state index is 12.9. The lowest BCUT2D eigenvalue weighted by Gasteiger charge is -2.16. The van der Waals surface area contributed by atoms with Gasteiger partial charge in [-0.1, -0.05) is 18.9 Å². The van der Waals surface area contributed by atoms with Gasteiger partial charge in [-0.3, -0.25) is 4.79 Å². The number of nitrogens with one attached hydrogen (secondary N) is 3. The summed E-state index contributed by atoms with van der Waals surface area (Å²) in [6.07, 6.45) is 10.8. The molecule has 0 bridgehead atoms. The van der Waals surface area contributed by atoms with Gasteiger partial charge in [0.1, 0.15) is 0 Å². The van der Waals surface area contributed by atoms with Gasteiger partial charge < -0.3 is 16.0 Å². The molecule has 3 N–H and O–H groups in total. The van der Waals surface area contributed by atoms with E-state index in [-0.39, 0.29) is 5.91 Å². The fourth-order valence-corrected chi connectivity index (χ4v) is 3.05. The average Bonchev–Trinajstić information content (AvgIpc) is 2.78. The van der Waals surface area contributed by atoms with Gasteiger partial charge in [0.05, 0.1) is 16.9 Å².